The maximum Gasteiger partial charge on any atom is 0.286 e. The molecule has 2 aromatic rings. The molecule has 17 heavy (non-hydrogen) atoms. The standard InChI is InChI=1S/C14H15NO2/c1-9-4-6-12(7-5-9)13-8-10(2)11(3)14(16)15(13)17/h4-8,17H,1-3H3. The summed E-state index contributed by atoms with van der Waals surface area (Å²) in [6.45, 7) is 5.58. The van der Waals surface area contributed by atoms with Crippen LogP contribution in [0, 0.1) is 20.8 Å². The molecule has 3 nitrogen and oxygen atoms in total. The first-order chi connectivity index (χ1) is 8.00. The number of aryl methyl sites for hydroxylation is 2. The number of nitrogens with zero attached hydrogens (tertiary/aromatic N) is 1. The molecule has 0 atom stereocenters. The summed E-state index contributed by atoms with van der Waals surface area (Å²) in [4.78, 5) is 11.8. The summed E-state index contributed by atoms with van der Waals surface area (Å²) in [5, 5.41) is 9.83. The number of hydrogen-bond donors (Lipinski definition) is 1. The minimum absolute atomic E-state index is 0.361. The Morgan fingerprint density at radius 2 is 1.65 bits per heavy atom. The van der Waals surface area contributed by atoms with E-state index in [2.05, 4.69) is 0 Å². The van der Waals surface area contributed by atoms with E-state index in [0.29, 0.717) is 16.0 Å². The van der Waals surface area contributed by atoms with E-state index >= 15 is 0 Å². The molecule has 0 radical (unpaired) electrons. The van der Waals surface area contributed by atoms with Crippen LogP contribution in [0.15, 0.2) is 35.1 Å². The first kappa shape index (κ1) is 11.5. The fourth-order valence-corrected chi connectivity index (χ4v) is 1.74. The molecule has 0 aliphatic rings. The van der Waals surface area contributed by atoms with Crippen LogP contribution in [-0.4, -0.2) is 9.94 Å². The number of pyridine rings is 1. The van der Waals surface area contributed by atoms with Crippen molar-refractivity contribution >= 4 is 0 Å². The van der Waals surface area contributed by atoms with Gasteiger partial charge in [0.15, 0.2) is 0 Å². The number of rotatable bonds is 1. The third-order valence-corrected chi connectivity index (χ3v) is 3.03. The summed E-state index contributed by atoms with van der Waals surface area (Å²) >= 11 is 0. The van der Waals surface area contributed by atoms with Crippen LogP contribution in [0.1, 0.15) is 16.7 Å². The first-order valence-corrected chi connectivity index (χ1v) is 5.50. The van der Waals surface area contributed by atoms with Crippen LogP contribution in [0.3, 0.4) is 0 Å². The second-order valence-corrected chi connectivity index (χ2v) is 4.32. The van der Waals surface area contributed by atoms with Gasteiger partial charge in [-0.25, -0.2) is 0 Å². The zero-order chi connectivity index (χ0) is 12.6. The van der Waals surface area contributed by atoms with Gasteiger partial charge in [0.25, 0.3) is 5.56 Å². The highest BCUT2D eigenvalue weighted by atomic mass is 16.5. The minimum Gasteiger partial charge on any atom is -0.425 e. The van der Waals surface area contributed by atoms with Crippen molar-refractivity contribution in [2.24, 2.45) is 0 Å². The summed E-state index contributed by atoms with van der Waals surface area (Å²) in [6.07, 6.45) is 0. The molecule has 0 spiro atoms. The van der Waals surface area contributed by atoms with Crippen molar-refractivity contribution < 1.29 is 5.21 Å². The van der Waals surface area contributed by atoms with Crippen LogP contribution in [-0.2, 0) is 0 Å². The van der Waals surface area contributed by atoms with Crippen molar-refractivity contribution in [3.63, 3.8) is 0 Å². The Labute approximate surface area is 99.9 Å². The van der Waals surface area contributed by atoms with Gasteiger partial charge in [0.1, 0.15) is 0 Å². The van der Waals surface area contributed by atoms with Gasteiger partial charge in [0.2, 0.25) is 0 Å². The third kappa shape index (κ3) is 1.96. The molecule has 0 amide bonds. The molecule has 1 aromatic carbocycles. The van der Waals surface area contributed by atoms with Gasteiger partial charge in [0.05, 0.1) is 5.69 Å². The fraction of sp³-hybridized carbons (Fsp3) is 0.214. The predicted molar refractivity (Wildman–Crippen MR) is 67.5 cm³/mol. The van der Waals surface area contributed by atoms with E-state index in [1.54, 1.807) is 6.92 Å². The monoisotopic (exact) mass is 229 g/mol. The average molecular weight is 229 g/mol. The van der Waals surface area contributed by atoms with Crippen molar-refractivity contribution in [3.05, 3.63) is 57.4 Å². The third-order valence-electron chi connectivity index (χ3n) is 3.03. The summed E-state index contributed by atoms with van der Waals surface area (Å²) in [5.74, 6) is 0. The van der Waals surface area contributed by atoms with Gasteiger partial charge >= 0.3 is 0 Å². The van der Waals surface area contributed by atoms with Crippen LogP contribution < -0.4 is 5.56 Å². The van der Waals surface area contributed by atoms with Crippen LogP contribution in [0.4, 0.5) is 0 Å². The second-order valence-electron chi connectivity index (χ2n) is 4.32. The SMILES string of the molecule is Cc1ccc(-c2cc(C)c(C)c(=O)n2O)cc1. The molecule has 1 N–H and O–H groups in total. The van der Waals surface area contributed by atoms with Crippen molar-refractivity contribution in [3.8, 4) is 11.3 Å². The van der Waals surface area contributed by atoms with Gasteiger partial charge in [-0.3, -0.25) is 4.79 Å². The average Bonchev–Trinajstić information content (AvgIpc) is 2.32. The van der Waals surface area contributed by atoms with E-state index in [4.69, 9.17) is 0 Å². The number of benzene rings is 1. The molecule has 1 heterocycles. The molecule has 0 saturated carbocycles. The lowest BCUT2D eigenvalue weighted by Crippen LogP contribution is -2.22. The molecule has 0 bridgehead atoms. The molecule has 3 heteroatoms. The molecule has 1 aromatic heterocycles. The molecular formula is C14H15NO2. The summed E-state index contributed by atoms with van der Waals surface area (Å²) in [6, 6.07) is 9.52. The summed E-state index contributed by atoms with van der Waals surface area (Å²) < 4.78 is 0.715. The summed E-state index contributed by atoms with van der Waals surface area (Å²) in [7, 11) is 0. The molecule has 0 aliphatic heterocycles. The topological polar surface area (TPSA) is 42.2 Å². The van der Waals surface area contributed by atoms with Crippen LogP contribution in [0.5, 0.6) is 0 Å². The van der Waals surface area contributed by atoms with Crippen molar-refractivity contribution in [2.45, 2.75) is 20.8 Å². The minimum atomic E-state index is -0.361. The van der Waals surface area contributed by atoms with Gasteiger partial charge < -0.3 is 5.21 Å². The Morgan fingerprint density at radius 1 is 1.06 bits per heavy atom. The molecule has 2 rings (SSSR count). The van der Waals surface area contributed by atoms with Crippen LogP contribution >= 0.6 is 0 Å². The smallest absolute Gasteiger partial charge is 0.286 e. The van der Waals surface area contributed by atoms with Crippen LogP contribution in [0.2, 0.25) is 0 Å². The second kappa shape index (κ2) is 4.09. The molecule has 0 fully saturated rings. The van der Waals surface area contributed by atoms with E-state index in [1.807, 2.05) is 44.2 Å². The quantitative estimate of drug-likeness (QED) is 0.764. The largest absolute Gasteiger partial charge is 0.425 e. The van der Waals surface area contributed by atoms with Crippen LogP contribution in [0.25, 0.3) is 11.3 Å². The zero-order valence-electron chi connectivity index (χ0n) is 10.2. The predicted octanol–water partition coefficient (Wildman–Crippen LogP) is 2.68. The maximum absolute atomic E-state index is 11.8. The highest BCUT2D eigenvalue weighted by molar-refractivity contribution is 5.61. The first-order valence-electron chi connectivity index (χ1n) is 5.50. The molecule has 0 aliphatic carbocycles. The van der Waals surface area contributed by atoms with Gasteiger partial charge in [-0.1, -0.05) is 29.8 Å². The highest BCUT2D eigenvalue weighted by Gasteiger charge is 2.09. The zero-order valence-corrected chi connectivity index (χ0v) is 10.2. The van der Waals surface area contributed by atoms with Gasteiger partial charge in [-0.2, -0.15) is 0 Å². The molecule has 0 unspecified atom stereocenters. The van der Waals surface area contributed by atoms with Gasteiger partial charge in [0, 0.05) is 11.1 Å². The van der Waals surface area contributed by atoms with E-state index in [9.17, 15) is 10.0 Å². The molecular weight excluding hydrogens is 214 g/mol. The normalized spacial score (nSPS) is 10.5. The Balaban J connectivity index is 2.68. The molecule has 88 valence electrons. The lowest BCUT2D eigenvalue weighted by atomic mass is 10.1. The fourth-order valence-electron chi connectivity index (χ4n) is 1.74. The van der Waals surface area contributed by atoms with E-state index in [1.165, 1.54) is 0 Å². The Hall–Kier alpha value is -2.03. The van der Waals surface area contributed by atoms with E-state index in [0.717, 1.165) is 16.7 Å². The Bertz CT molecular complexity index is 609. The number of hydrogen-bond acceptors (Lipinski definition) is 2. The van der Waals surface area contributed by atoms with Gasteiger partial charge in [-0.15, -0.1) is 4.73 Å². The number of aromatic nitrogens is 1. The lowest BCUT2D eigenvalue weighted by molar-refractivity contribution is 0.179. The van der Waals surface area contributed by atoms with Crippen molar-refractivity contribution in [2.75, 3.05) is 0 Å². The lowest BCUT2D eigenvalue weighted by Gasteiger charge is -2.10. The van der Waals surface area contributed by atoms with E-state index in [-0.39, 0.29) is 5.56 Å². The highest BCUT2D eigenvalue weighted by Crippen LogP contribution is 2.19. The maximum atomic E-state index is 11.8. The molecule has 0 saturated heterocycles. The Morgan fingerprint density at radius 3 is 2.24 bits per heavy atom. The van der Waals surface area contributed by atoms with E-state index < -0.39 is 0 Å². The van der Waals surface area contributed by atoms with Crippen molar-refractivity contribution in [1.29, 1.82) is 0 Å². The summed E-state index contributed by atoms with van der Waals surface area (Å²) in [5.41, 5.74) is 3.60. The van der Waals surface area contributed by atoms with Crippen molar-refractivity contribution in [1.82, 2.24) is 4.73 Å². The Kier molecular flexibility index (Phi) is 2.76. The van der Waals surface area contributed by atoms with Gasteiger partial charge in [-0.05, 0) is 32.4 Å².